The van der Waals surface area contributed by atoms with E-state index < -0.39 is 6.04 Å². The summed E-state index contributed by atoms with van der Waals surface area (Å²) in [7, 11) is 0. The Morgan fingerprint density at radius 1 is 1.65 bits per heavy atom. The molecule has 3 unspecified atom stereocenters. The molecule has 5 nitrogen and oxygen atoms in total. The molecular weight excluding hydrogens is 330 g/mol. The minimum absolute atomic E-state index is 0.0538. The number of carbonyl (C=O) groups excluding carboxylic acids is 1. The molecule has 1 saturated heterocycles. The molecule has 0 bridgehead atoms. The summed E-state index contributed by atoms with van der Waals surface area (Å²) in [6, 6.07) is 3.96. The fraction of sp³-hybridized carbons (Fsp3) is 0.688. The molecule has 1 aliphatic rings. The Kier molecular flexibility index (Phi) is 7.85. The quantitative estimate of drug-likeness (QED) is 0.741. The Bertz CT molecular complexity index is 470. The summed E-state index contributed by atoms with van der Waals surface area (Å²) >= 11 is 3.44. The van der Waals surface area contributed by atoms with Gasteiger partial charge in [0.1, 0.15) is 0 Å². The van der Waals surface area contributed by atoms with E-state index in [9.17, 15) is 4.79 Å². The summed E-state index contributed by atoms with van der Waals surface area (Å²) < 4.78 is 5.64. The lowest BCUT2D eigenvalue weighted by Crippen LogP contribution is -2.48. The van der Waals surface area contributed by atoms with Crippen LogP contribution < -0.4 is 11.1 Å². The number of nitrogens with two attached hydrogens (primary N) is 1. The lowest BCUT2D eigenvalue weighted by Gasteiger charge is -2.37. The first-order valence-electron chi connectivity index (χ1n) is 8.03. The molecule has 1 aromatic heterocycles. The van der Waals surface area contributed by atoms with E-state index in [4.69, 9.17) is 10.5 Å². The fourth-order valence-corrected chi connectivity index (χ4v) is 4.07. The van der Waals surface area contributed by atoms with Gasteiger partial charge in [-0.25, -0.2) is 0 Å². The number of nitrogens with zero attached hydrogens (tertiary/aromatic N) is 1. The predicted octanol–water partition coefficient (Wildman–Crippen LogP) is 1.71. The van der Waals surface area contributed by atoms with E-state index in [0.717, 1.165) is 25.4 Å². The molecule has 0 aromatic carbocycles. The summed E-state index contributed by atoms with van der Waals surface area (Å²) in [5.41, 5.74) is 5.95. The molecule has 23 heavy (non-hydrogen) atoms. The number of hydrogen-bond donors (Lipinski definition) is 2. The van der Waals surface area contributed by atoms with Gasteiger partial charge in [0, 0.05) is 24.5 Å². The summed E-state index contributed by atoms with van der Waals surface area (Å²) in [6.07, 6.45) is 2.97. The Morgan fingerprint density at radius 2 is 2.48 bits per heavy atom. The molecule has 1 amide bonds. The zero-order valence-corrected chi connectivity index (χ0v) is 15.5. The average molecular weight is 358 g/mol. The zero-order chi connectivity index (χ0) is 16.7. The highest BCUT2D eigenvalue weighted by Crippen LogP contribution is 2.26. The van der Waals surface area contributed by atoms with Gasteiger partial charge in [0.05, 0.1) is 24.8 Å². The maximum Gasteiger partial charge on any atom is 0.237 e. The van der Waals surface area contributed by atoms with Crippen molar-refractivity contribution in [3.63, 3.8) is 0 Å². The predicted molar refractivity (Wildman–Crippen MR) is 98.0 cm³/mol. The van der Waals surface area contributed by atoms with Gasteiger partial charge in [-0.1, -0.05) is 6.07 Å². The first-order chi connectivity index (χ1) is 11.1. The van der Waals surface area contributed by atoms with Crippen LogP contribution in [0.1, 0.15) is 24.3 Å². The van der Waals surface area contributed by atoms with E-state index in [1.807, 2.05) is 6.26 Å². The first kappa shape index (κ1) is 18.7. The third-order valence-corrected chi connectivity index (χ3v) is 5.64. The molecule has 0 saturated carbocycles. The lowest BCUT2D eigenvalue weighted by molar-refractivity contribution is -0.122. The van der Waals surface area contributed by atoms with Crippen molar-refractivity contribution >= 4 is 29.0 Å². The first-order valence-corrected chi connectivity index (χ1v) is 10.3. The molecule has 1 aromatic rings. The number of thiophene rings is 1. The molecule has 7 heteroatoms. The van der Waals surface area contributed by atoms with Gasteiger partial charge in [0.2, 0.25) is 5.91 Å². The van der Waals surface area contributed by atoms with Crippen LogP contribution in [0.15, 0.2) is 17.5 Å². The highest BCUT2D eigenvalue weighted by atomic mass is 32.2. The van der Waals surface area contributed by atoms with Gasteiger partial charge >= 0.3 is 0 Å². The van der Waals surface area contributed by atoms with Gasteiger partial charge in [-0.3, -0.25) is 9.69 Å². The zero-order valence-electron chi connectivity index (χ0n) is 13.9. The van der Waals surface area contributed by atoms with Crippen LogP contribution >= 0.6 is 23.1 Å². The number of thioether (sulfide) groups is 1. The number of nitrogens with one attached hydrogen (secondary N) is 1. The van der Waals surface area contributed by atoms with Crippen LogP contribution in [0.2, 0.25) is 0 Å². The van der Waals surface area contributed by atoms with Crippen molar-refractivity contribution in [3.05, 3.63) is 22.4 Å². The van der Waals surface area contributed by atoms with Crippen molar-refractivity contribution in [1.82, 2.24) is 10.2 Å². The SMILES string of the molecule is CSCCC(N)C(=O)NCC(c1cccs1)N1CCOC(C)C1. The third-order valence-electron chi connectivity index (χ3n) is 4.02. The van der Waals surface area contributed by atoms with Crippen LogP contribution in [0.5, 0.6) is 0 Å². The van der Waals surface area contributed by atoms with Crippen LogP contribution in [0.25, 0.3) is 0 Å². The fourth-order valence-electron chi connectivity index (χ4n) is 2.72. The maximum absolute atomic E-state index is 12.2. The average Bonchev–Trinajstić information content (AvgIpc) is 3.07. The molecule has 0 radical (unpaired) electrons. The van der Waals surface area contributed by atoms with Crippen LogP contribution in [0, 0.1) is 0 Å². The van der Waals surface area contributed by atoms with Crippen molar-refractivity contribution in [3.8, 4) is 0 Å². The van der Waals surface area contributed by atoms with E-state index in [2.05, 4.69) is 34.7 Å². The Morgan fingerprint density at radius 3 is 3.13 bits per heavy atom. The summed E-state index contributed by atoms with van der Waals surface area (Å²) in [4.78, 5) is 15.9. The van der Waals surface area contributed by atoms with Crippen LogP contribution in [0.3, 0.4) is 0 Å². The van der Waals surface area contributed by atoms with E-state index >= 15 is 0 Å². The molecule has 1 aliphatic heterocycles. The van der Waals surface area contributed by atoms with Crippen molar-refractivity contribution < 1.29 is 9.53 Å². The van der Waals surface area contributed by atoms with Crippen LogP contribution in [-0.2, 0) is 9.53 Å². The number of ether oxygens (including phenoxy) is 1. The molecular formula is C16H27N3O2S2. The van der Waals surface area contributed by atoms with E-state index in [1.54, 1.807) is 23.1 Å². The number of amides is 1. The number of carbonyl (C=O) groups is 1. The van der Waals surface area contributed by atoms with Gasteiger partial charge in [0.25, 0.3) is 0 Å². The third kappa shape index (κ3) is 5.76. The van der Waals surface area contributed by atoms with Gasteiger partial charge in [0.15, 0.2) is 0 Å². The standard InChI is InChI=1S/C16H27N3O2S2/c1-12-11-19(6-7-21-12)14(15-4-3-8-23-15)10-18-16(20)13(17)5-9-22-2/h3-4,8,12-14H,5-7,9-11,17H2,1-2H3,(H,18,20). The largest absolute Gasteiger partial charge is 0.376 e. The molecule has 3 N–H and O–H groups in total. The van der Waals surface area contributed by atoms with Crippen LogP contribution in [0.4, 0.5) is 0 Å². The lowest BCUT2D eigenvalue weighted by atomic mass is 10.1. The molecule has 2 heterocycles. The smallest absolute Gasteiger partial charge is 0.237 e. The monoisotopic (exact) mass is 357 g/mol. The van der Waals surface area contributed by atoms with E-state index in [-0.39, 0.29) is 18.1 Å². The summed E-state index contributed by atoms with van der Waals surface area (Å²) in [5.74, 6) is 0.853. The van der Waals surface area contributed by atoms with Crippen LogP contribution in [-0.4, -0.2) is 61.2 Å². The molecule has 1 fully saturated rings. The minimum atomic E-state index is -0.421. The summed E-state index contributed by atoms with van der Waals surface area (Å²) in [6.45, 7) is 5.20. The Labute approximate surface area is 146 Å². The molecule has 2 rings (SSSR count). The van der Waals surface area contributed by atoms with Gasteiger partial charge in [-0.05, 0) is 36.8 Å². The summed E-state index contributed by atoms with van der Waals surface area (Å²) in [5, 5.41) is 5.12. The second kappa shape index (κ2) is 9.64. The normalized spacial score (nSPS) is 21.8. The van der Waals surface area contributed by atoms with Gasteiger partial charge in [-0.2, -0.15) is 11.8 Å². The topological polar surface area (TPSA) is 67.6 Å². The van der Waals surface area contributed by atoms with Crippen molar-refractivity contribution in [1.29, 1.82) is 0 Å². The maximum atomic E-state index is 12.2. The van der Waals surface area contributed by atoms with Crippen molar-refractivity contribution in [2.24, 2.45) is 5.73 Å². The number of hydrogen-bond acceptors (Lipinski definition) is 6. The molecule has 3 atom stereocenters. The second-order valence-electron chi connectivity index (χ2n) is 5.84. The van der Waals surface area contributed by atoms with Crippen molar-refractivity contribution in [2.45, 2.75) is 31.5 Å². The minimum Gasteiger partial charge on any atom is -0.376 e. The van der Waals surface area contributed by atoms with Gasteiger partial charge in [-0.15, -0.1) is 11.3 Å². The highest BCUT2D eigenvalue weighted by molar-refractivity contribution is 7.98. The molecule has 130 valence electrons. The second-order valence-corrected chi connectivity index (χ2v) is 7.81. The number of rotatable bonds is 8. The Balaban J connectivity index is 1.94. The van der Waals surface area contributed by atoms with Crippen molar-refractivity contribution in [2.75, 3.05) is 38.2 Å². The van der Waals surface area contributed by atoms with E-state index in [0.29, 0.717) is 13.0 Å². The molecule has 0 spiro atoms. The Hall–Kier alpha value is -0.600. The van der Waals surface area contributed by atoms with E-state index in [1.165, 1.54) is 4.88 Å². The van der Waals surface area contributed by atoms with Gasteiger partial charge < -0.3 is 15.8 Å². The molecule has 0 aliphatic carbocycles. The highest BCUT2D eigenvalue weighted by Gasteiger charge is 2.27. The number of morpholine rings is 1.